The van der Waals surface area contributed by atoms with E-state index in [1.807, 2.05) is 80.3 Å². The van der Waals surface area contributed by atoms with Crippen molar-refractivity contribution >= 4 is 53.9 Å². The van der Waals surface area contributed by atoms with Gasteiger partial charge in [0.05, 0.1) is 52.7 Å². The molecule has 0 bridgehead atoms. The van der Waals surface area contributed by atoms with Gasteiger partial charge in [-0.1, -0.05) is 36.4 Å². The van der Waals surface area contributed by atoms with E-state index in [4.69, 9.17) is 23.7 Å². The van der Waals surface area contributed by atoms with Gasteiger partial charge in [-0.25, -0.2) is 24.0 Å². The van der Waals surface area contributed by atoms with Crippen LogP contribution in [0, 0.1) is 0 Å². The van der Waals surface area contributed by atoms with Crippen LogP contribution in [0.15, 0.2) is 97.1 Å². The van der Waals surface area contributed by atoms with Gasteiger partial charge in [-0.3, -0.25) is 9.80 Å². The Morgan fingerprint density at radius 2 is 0.953 bits per heavy atom. The number of anilines is 2. The maximum absolute atomic E-state index is 13.6. The number of urea groups is 2. The smallest absolute Gasteiger partial charge is 0.410 e. The number of ether oxygens (including phenoxy) is 5. The maximum Gasteiger partial charge on any atom is 0.410 e. The molecule has 0 spiro atoms. The number of amides is 5. The van der Waals surface area contributed by atoms with Gasteiger partial charge in [0.25, 0.3) is 0 Å². The van der Waals surface area contributed by atoms with Crippen molar-refractivity contribution in [2.45, 2.75) is 39.5 Å². The van der Waals surface area contributed by atoms with Crippen molar-refractivity contribution in [2.75, 3.05) is 90.6 Å². The van der Waals surface area contributed by atoms with Crippen molar-refractivity contribution in [1.82, 2.24) is 20.0 Å². The number of nitrogens with zero attached hydrogens (tertiary/aromatic N) is 5. The third-order valence-corrected chi connectivity index (χ3v) is 10.2. The van der Waals surface area contributed by atoms with Crippen molar-refractivity contribution in [3.05, 3.63) is 119 Å². The van der Waals surface area contributed by atoms with Crippen molar-refractivity contribution in [3.63, 3.8) is 0 Å². The second kappa shape index (κ2) is 23.8. The lowest BCUT2D eigenvalue weighted by molar-refractivity contribution is 0.0171. The zero-order chi connectivity index (χ0) is 45.5. The van der Waals surface area contributed by atoms with Crippen LogP contribution in [0.2, 0.25) is 0 Å². The van der Waals surface area contributed by atoms with E-state index in [-0.39, 0.29) is 36.5 Å². The lowest BCUT2D eigenvalue weighted by atomic mass is 10.1. The van der Waals surface area contributed by atoms with Gasteiger partial charge in [0, 0.05) is 75.9 Å². The van der Waals surface area contributed by atoms with Crippen molar-refractivity contribution < 1.29 is 47.7 Å². The largest absolute Gasteiger partial charge is 0.497 e. The highest BCUT2D eigenvalue weighted by atomic mass is 35.5. The molecule has 2 fully saturated rings. The monoisotopic (exact) mass is 902 g/mol. The number of methoxy groups -OCH3 is 4. The number of piperazine rings is 2. The first kappa shape index (κ1) is 50.1. The molecule has 16 nitrogen and oxygen atoms in total. The Morgan fingerprint density at radius 1 is 0.562 bits per heavy atom. The second-order valence-electron chi connectivity index (χ2n) is 15.7. The number of carbonyl (C=O) groups is 5. The molecular formula is C47H59ClN6O10. The van der Waals surface area contributed by atoms with E-state index in [0.29, 0.717) is 80.7 Å². The molecule has 64 heavy (non-hydrogen) atoms. The molecule has 4 aromatic rings. The Bertz CT molecular complexity index is 2170. The van der Waals surface area contributed by atoms with Crippen LogP contribution in [0.25, 0.3) is 0 Å². The number of hydrogen-bond acceptors (Lipinski definition) is 11. The van der Waals surface area contributed by atoms with Crippen molar-refractivity contribution in [2.24, 2.45) is 0 Å². The van der Waals surface area contributed by atoms with Crippen LogP contribution in [0.1, 0.15) is 52.6 Å². The molecule has 5 amide bonds. The molecule has 1 N–H and O–H groups in total. The molecule has 2 heterocycles. The topological polar surface area (TPSA) is 160 Å². The summed E-state index contributed by atoms with van der Waals surface area (Å²) in [6, 6.07) is 28.6. The first-order valence-electron chi connectivity index (χ1n) is 20.7. The van der Waals surface area contributed by atoms with Gasteiger partial charge in [-0.15, -0.1) is 12.4 Å². The Labute approximate surface area is 381 Å². The molecule has 0 saturated carbocycles. The molecule has 6 rings (SSSR count). The van der Waals surface area contributed by atoms with Crippen LogP contribution in [-0.4, -0.2) is 131 Å². The second-order valence-corrected chi connectivity index (χ2v) is 15.7. The van der Waals surface area contributed by atoms with Gasteiger partial charge in [0.1, 0.15) is 17.1 Å². The van der Waals surface area contributed by atoms with Crippen molar-refractivity contribution in [3.8, 4) is 11.5 Å². The fourth-order valence-corrected chi connectivity index (χ4v) is 6.79. The highest BCUT2D eigenvalue weighted by Gasteiger charge is 2.31. The number of esters is 2. The van der Waals surface area contributed by atoms with Crippen LogP contribution in [0.4, 0.5) is 25.8 Å². The highest BCUT2D eigenvalue weighted by molar-refractivity contribution is 5.94. The van der Waals surface area contributed by atoms with Crippen LogP contribution in [-0.2, 0) is 27.3 Å². The maximum atomic E-state index is 13.6. The minimum absolute atomic E-state index is 0. The third-order valence-electron chi connectivity index (χ3n) is 10.2. The van der Waals surface area contributed by atoms with Crippen LogP contribution < -0.4 is 24.6 Å². The molecule has 2 aliphatic heterocycles. The molecule has 0 aliphatic carbocycles. The molecule has 0 radical (unpaired) electrons. The quantitative estimate of drug-likeness (QED) is 0.128. The summed E-state index contributed by atoms with van der Waals surface area (Å²) in [5.41, 5.74) is 3.55. The van der Waals surface area contributed by atoms with Gasteiger partial charge >= 0.3 is 30.1 Å². The van der Waals surface area contributed by atoms with Gasteiger partial charge in [-0.05, 0) is 80.4 Å². The lowest BCUT2D eigenvalue weighted by Gasteiger charge is -2.38. The fraction of sp³-hybridized carbons (Fsp3) is 0.383. The molecule has 2 aliphatic rings. The molecule has 0 atom stereocenters. The van der Waals surface area contributed by atoms with E-state index in [9.17, 15) is 24.0 Å². The van der Waals surface area contributed by atoms with Gasteiger partial charge < -0.3 is 43.7 Å². The van der Waals surface area contributed by atoms with E-state index in [1.165, 1.54) is 14.2 Å². The molecule has 17 heteroatoms. The number of halogens is 1. The predicted octanol–water partition coefficient (Wildman–Crippen LogP) is 7.10. The van der Waals surface area contributed by atoms with E-state index >= 15 is 0 Å². The zero-order valence-corrected chi connectivity index (χ0v) is 38.4. The fourth-order valence-electron chi connectivity index (χ4n) is 6.79. The van der Waals surface area contributed by atoms with E-state index in [1.54, 1.807) is 76.3 Å². The SMILES string of the molecule is COC(=O)c1ccc(CN(C(=O)N2CCN(C(=O)OC(C)(C)C)CC2)c2cccc(OC)c2)cc1.COC(=O)c1ccc(CN(C(=O)N2CCNCC2)c2cccc(OC)c2)cc1.Cl. The standard InChI is InChI=1S/C26H33N3O6.C21H25N3O4.ClH/c1-26(2,3)35-25(32)28-15-13-27(14-16-28)24(31)29(21-7-6-8-22(17-21)33-4)18-19-9-11-20(12-10-19)23(30)34-5;1-27-19-5-3-4-18(14-19)24(21(26)23-12-10-22-11-13-23)15-16-6-8-17(9-7-16)20(25)28-2;/h6-12,17H,13-16,18H2,1-5H3;3-9,14,22H,10-13,15H2,1-2H3;1H. The first-order valence-corrected chi connectivity index (χ1v) is 20.7. The average molecular weight is 903 g/mol. The summed E-state index contributed by atoms with van der Waals surface area (Å²) in [5, 5.41) is 3.26. The van der Waals surface area contributed by atoms with E-state index in [2.05, 4.69) is 5.32 Å². The number of hydrogen-bond donors (Lipinski definition) is 1. The molecule has 344 valence electrons. The molecule has 0 aromatic heterocycles. The highest BCUT2D eigenvalue weighted by Crippen LogP contribution is 2.27. The summed E-state index contributed by atoms with van der Waals surface area (Å²) in [6.07, 6.45) is -0.375. The zero-order valence-electron chi connectivity index (χ0n) is 37.5. The summed E-state index contributed by atoms with van der Waals surface area (Å²) < 4.78 is 25.6. The lowest BCUT2D eigenvalue weighted by Crippen LogP contribution is -2.54. The predicted molar refractivity (Wildman–Crippen MR) is 246 cm³/mol. The normalized spacial score (nSPS) is 13.5. The van der Waals surface area contributed by atoms with Gasteiger partial charge in [0.15, 0.2) is 0 Å². The van der Waals surface area contributed by atoms with Gasteiger partial charge in [0.2, 0.25) is 0 Å². The first-order chi connectivity index (χ1) is 30.2. The van der Waals surface area contributed by atoms with Gasteiger partial charge in [-0.2, -0.15) is 0 Å². The number of carbonyl (C=O) groups excluding carboxylic acids is 5. The van der Waals surface area contributed by atoms with Crippen LogP contribution in [0.5, 0.6) is 11.5 Å². The van der Waals surface area contributed by atoms with Crippen LogP contribution in [0.3, 0.4) is 0 Å². The summed E-state index contributed by atoms with van der Waals surface area (Å²) >= 11 is 0. The molecule has 0 unspecified atom stereocenters. The summed E-state index contributed by atoms with van der Waals surface area (Å²) in [6.45, 7) is 10.6. The third kappa shape index (κ3) is 14.0. The summed E-state index contributed by atoms with van der Waals surface area (Å²) in [4.78, 5) is 71.3. The average Bonchev–Trinajstić information content (AvgIpc) is 3.32. The Morgan fingerprint density at radius 3 is 1.33 bits per heavy atom. The Kier molecular flexibility index (Phi) is 18.6. The van der Waals surface area contributed by atoms with E-state index < -0.39 is 11.6 Å². The number of rotatable bonds is 10. The van der Waals surface area contributed by atoms with E-state index in [0.717, 1.165) is 29.9 Å². The summed E-state index contributed by atoms with van der Waals surface area (Å²) in [7, 11) is 5.87. The van der Waals surface area contributed by atoms with Crippen molar-refractivity contribution in [1.29, 1.82) is 0 Å². The minimum atomic E-state index is -0.573. The molecule has 4 aromatic carbocycles. The minimum Gasteiger partial charge on any atom is -0.497 e. The molecular weight excluding hydrogens is 844 g/mol. The number of nitrogens with one attached hydrogen (secondary N) is 1. The van der Waals surface area contributed by atoms with Crippen LogP contribution >= 0.6 is 12.4 Å². The number of benzene rings is 4. The summed E-state index contributed by atoms with van der Waals surface area (Å²) in [5.74, 6) is 0.529. The Hall–Kier alpha value is -6.52. The Balaban J connectivity index is 0.000000283. The molecule has 2 saturated heterocycles.